The highest BCUT2D eigenvalue weighted by Gasteiger charge is 2.14. The quantitative estimate of drug-likeness (QED) is 0.848. The van der Waals surface area contributed by atoms with Crippen LogP contribution < -0.4 is 4.74 Å². The highest BCUT2D eigenvalue weighted by Crippen LogP contribution is 2.22. The van der Waals surface area contributed by atoms with E-state index in [0.29, 0.717) is 5.69 Å². The lowest BCUT2D eigenvalue weighted by Gasteiger charge is -2.00. The summed E-state index contributed by atoms with van der Waals surface area (Å²) in [7, 11) is 1.58. The fraction of sp³-hybridized carbons (Fsp3) is 0.143. The summed E-state index contributed by atoms with van der Waals surface area (Å²) in [5.41, 5.74) is 1.44. The number of hydrogen-bond acceptors (Lipinski definition) is 3. The third kappa shape index (κ3) is 2.58. The van der Waals surface area contributed by atoms with Gasteiger partial charge in [0.2, 0.25) is 0 Å². The molecule has 0 fully saturated rings. The van der Waals surface area contributed by atoms with E-state index >= 15 is 0 Å². The molecule has 0 aliphatic carbocycles. The molecular formula is C14H12N2O3. The number of rotatable bonds is 4. The monoisotopic (exact) mass is 256 g/mol. The highest BCUT2D eigenvalue weighted by molar-refractivity contribution is 5.87. The number of nitrogens with zero attached hydrogens (tertiary/aromatic N) is 2. The molecule has 96 valence electrons. The van der Waals surface area contributed by atoms with Crippen molar-refractivity contribution in [1.82, 2.24) is 9.78 Å². The number of ether oxygens (including phenoxy) is 1. The van der Waals surface area contributed by atoms with Crippen molar-refractivity contribution in [1.29, 1.82) is 0 Å². The minimum absolute atomic E-state index is 0.0729. The van der Waals surface area contributed by atoms with Gasteiger partial charge in [-0.05, 0) is 30.3 Å². The Kier molecular flexibility index (Phi) is 3.53. The minimum Gasteiger partial charge on any atom is -0.497 e. The first kappa shape index (κ1) is 12.7. The lowest BCUT2D eigenvalue weighted by molar-refractivity contribution is 0.0684. The molecule has 0 spiro atoms. The van der Waals surface area contributed by atoms with Crippen LogP contribution in [0.2, 0.25) is 0 Å². The predicted molar refractivity (Wildman–Crippen MR) is 70.0 cm³/mol. The molecule has 5 heteroatoms. The molecule has 0 bridgehead atoms. The molecule has 0 saturated heterocycles. The molecule has 2 aromatic rings. The molecule has 19 heavy (non-hydrogen) atoms. The topological polar surface area (TPSA) is 64.4 Å². The van der Waals surface area contributed by atoms with Crippen molar-refractivity contribution in [3.05, 3.63) is 36.0 Å². The van der Waals surface area contributed by atoms with Crippen molar-refractivity contribution >= 4 is 5.97 Å². The van der Waals surface area contributed by atoms with Crippen molar-refractivity contribution in [3.8, 4) is 29.4 Å². The number of carbonyl (C=O) groups is 1. The minimum atomic E-state index is -1.05. The number of methoxy groups -OCH3 is 1. The molecule has 0 amide bonds. The van der Waals surface area contributed by atoms with Crippen molar-refractivity contribution in [3.63, 3.8) is 0 Å². The van der Waals surface area contributed by atoms with Crippen LogP contribution in [-0.4, -0.2) is 28.0 Å². The second-order valence-corrected chi connectivity index (χ2v) is 3.81. The van der Waals surface area contributed by atoms with Gasteiger partial charge in [-0.2, -0.15) is 5.10 Å². The van der Waals surface area contributed by atoms with Crippen LogP contribution in [0.1, 0.15) is 10.5 Å². The predicted octanol–water partition coefficient (Wildman–Crippen LogP) is 1.89. The van der Waals surface area contributed by atoms with E-state index in [4.69, 9.17) is 16.3 Å². The van der Waals surface area contributed by atoms with Gasteiger partial charge >= 0.3 is 5.97 Å². The fourth-order valence-corrected chi connectivity index (χ4v) is 1.70. The van der Waals surface area contributed by atoms with Crippen LogP contribution in [0.5, 0.6) is 5.75 Å². The standard InChI is InChI=1S/C14H12N2O3/c1-3-8-16-13(14(17)18)9-12(15-16)10-4-6-11(19-2)7-5-10/h1,4-7,9H,8H2,2H3,(H,17,18). The fourth-order valence-electron chi connectivity index (χ4n) is 1.70. The van der Waals surface area contributed by atoms with Crippen LogP contribution in [0, 0.1) is 12.3 Å². The number of carboxylic acids is 1. The molecule has 0 atom stereocenters. The van der Waals surface area contributed by atoms with Crippen LogP contribution in [0.25, 0.3) is 11.3 Å². The zero-order valence-corrected chi connectivity index (χ0v) is 10.3. The Hall–Kier alpha value is -2.74. The third-order valence-electron chi connectivity index (χ3n) is 2.63. The molecule has 5 nitrogen and oxygen atoms in total. The van der Waals surface area contributed by atoms with Gasteiger partial charge in [-0.25, -0.2) is 9.48 Å². The Morgan fingerprint density at radius 1 is 1.47 bits per heavy atom. The summed E-state index contributed by atoms with van der Waals surface area (Å²) in [5.74, 6) is 2.05. The van der Waals surface area contributed by atoms with E-state index in [-0.39, 0.29) is 12.2 Å². The summed E-state index contributed by atoms with van der Waals surface area (Å²) in [6, 6.07) is 8.70. The normalized spacial score (nSPS) is 9.89. The van der Waals surface area contributed by atoms with Gasteiger partial charge in [-0.3, -0.25) is 0 Å². The van der Waals surface area contributed by atoms with Crippen LogP contribution in [0.15, 0.2) is 30.3 Å². The van der Waals surface area contributed by atoms with Crippen LogP contribution in [0.3, 0.4) is 0 Å². The molecule has 1 heterocycles. The van der Waals surface area contributed by atoms with Gasteiger partial charge < -0.3 is 9.84 Å². The van der Waals surface area contributed by atoms with Gasteiger partial charge in [-0.1, -0.05) is 5.92 Å². The zero-order valence-electron chi connectivity index (χ0n) is 10.3. The molecule has 1 N–H and O–H groups in total. The molecule has 0 aliphatic rings. The number of hydrogen-bond donors (Lipinski definition) is 1. The van der Waals surface area contributed by atoms with E-state index < -0.39 is 5.97 Å². The first-order valence-corrected chi connectivity index (χ1v) is 5.54. The molecule has 0 radical (unpaired) electrons. The summed E-state index contributed by atoms with van der Waals surface area (Å²) in [6.07, 6.45) is 5.20. The van der Waals surface area contributed by atoms with Crippen LogP contribution in [0.4, 0.5) is 0 Å². The van der Waals surface area contributed by atoms with Crippen LogP contribution in [-0.2, 0) is 6.54 Å². The smallest absolute Gasteiger partial charge is 0.354 e. The number of carboxylic acid groups (broad SMARTS) is 1. The Balaban J connectivity index is 2.42. The van der Waals surface area contributed by atoms with Crippen molar-refractivity contribution in [2.24, 2.45) is 0 Å². The van der Waals surface area contributed by atoms with Gasteiger partial charge in [0.25, 0.3) is 0 Å². The van der Waals surface area contributed by atoms with E-state index in [9.17, 15) is 4.79 Å². The summed E-state index contributed by atoms with van der Waals surface area (Å²) in [6.45, 7) is 0.123. The zero-order chi connectivity index (χ0) is 13.8. The number of terminal acetylenes is 1. The van der Waals surface area contributed by atoms with E-state index in [2.05, 4.69) is 11.0 Å². The molecular weight excluding hydrogens is 244 g/mol. The summed E-state index contributed by atoms with van der Waals surface area (Å²) in [5, 5.41) is 13.3. The second-order valence-electron chi connectivity index (χ2n) is 3.81. The summed E-state index contributed by atoms with van der Waals surface area (Å²) >= 11 is 0. The Morgan fingerprint density at radius 3 is 2.68 bits per heavy atom. The number of aromatic nitrogens is 2. The lowest BCUT2D eigenvalue weighted by atomic mass is 10.1. The average molecular weight is 256 g/mol. The first-order valence-electron chi connectivity index (χ1n) is 5.54. The van der Waals surface area contributed by atoms with Gasteiger partial charge in [-0.15, -0.1) is 6.42 Å². The van der Waals surface area contributed by atoms with Gasteiger partial charge in [0.05, 0.1) is 12.8 Å². The van der Waals surface area contributed by atoms with E-state index in [1.54, 1.807) is 19.2 Å². The molecule has 0 saturated carbocycles. The maximum Gasteiger partial charge on any atom is 0.354 e. The molecule has 0 aliphatic heterocycles. The Labute approximate surface area is 110 Å². The molecule has 1 aromatic carbocycles. The van der Waals surface area contributed by atoms with Crippen LogP contribution >= 0.6 is 0 Å². The number of aromatic carboxylic acids is 1. The summed E-state index contributed by atoms with van der Waals surface area (Å²) < 4.78 is 6.36. The SMILES string of the molecule is C#CCn1nc(-c2ccc(OC)cc2)cc1C(=O)O. The second kappa shape index (κ2) is 5.27. The third-order valence-corrected chi connectivity index (χ3v) is 2.63. The van der Waals surface area contributed by atoms with Crippen molar-refractivity contribution in [2.75, 3.05) is 7.11 Å². The molecule has 0 unspecified atom stereocenters. The molecule has 1 aromatic heterocycles. The van der Waals surface area contributed by atoms with E-state index in [1.165, 1.54) is 10.7 Å². The average Bonchev–Trinajstić information content (AvgIpc) is 2.83. The molecule has 2 rings (SSSR count). The van der Waals surface area contributed by atoms with E-state index in [1.807, 2.05) is 12.1 Å². The summed E-state index contributed by atoms with van der Waals surface area (Å²) in [4.78, 5) is 11.1. The van der Waals surface area contributed by atoms with Gasteiger partial charge in [0, 0.05) is 5.56 Å². The Morgan fingerprint density at radius 2 is 2.16 bits per heavy atom. The lowest BCUT2D eigenvalue weighted by Crippen LogP contribution is -2.08. The first-order chi connectivity index (χ1) is 9.15. The largest absolute Gasteiger partial charge is 0.497 e. The number of benzene rings is 1. The van der Waals surface area contributed by atoms with Gasteiger partial charge in [0.1, 0.15) is 18.0 Å². The van der Waals surface area contributed by atoms with Crippen molar-refractivity contribution in [2.45, 2.75) is 6.54 Å². The van der Waals surface area contributed by atoms with Crippen molar-refractivity contribution < 1.29 is 14.6 Å². The maximum atomic E-state index is 11.1. The Bertz CT molecular complexity index is 636. The highest BCUT2D eigenvalue weighted by atomic mass is 16.5. The maximum absolute atomic E-state index is 11.1. The van der Waals surface area contributed by atoms with Gasteiger partial charge in [0.15, 0.2) is 0 Å². The van der Waals surface area contributed by atoms with E-state index in [0.717, 1.165) is 11.3 Å².